The van der Waals surface area contributed by atoms with E-state index in [1.807, 2.05) is 0 Å². The van der Waals surface area contributed by atoms with Crippen LogP contribution in [0.25, 0.3) is 0 Å². The van der Waals surface area contributed by atoms with Crippen molar-refractivity contribution in [1.29, 1.82) is 0 Å². The van der Waals surface area contributed by atoms with Gasteiger partial charge in [-0.15, -0.1) is 19.0 Å². The van der Waals surface area contributed by atoms with E-state index in [1.54, 1.807) is 6.08 Å². The molecular formula is C3H12ClNSi. The molecular weight excluding hydrogens is 114 g/mol. The molecule has 0 aromatic heterocycles. The van der Waals surface area contributed by atoms with Crippen LogP contribution in [0.5, 0.6) is 0 Å². The molecule has 0 aromatic rings. The number of nitrogens with two attached hydrogens (primary N) is 1. The molecule has 0 aliphatic carbocycles. The second-order valence-electron chi connectivity index (χ2n) is 0.524. The Morgan fingerprint density at radius 3 is 1.83 bits per heavy atom. The summed E-state index contributed by atoms with van der Waals surface area (Å²) in [5.41, 5.74) is 4.91. The lowest BCUT2D eigenvalue weighted by molar-refractivity contribution is 1.26. The highest BCUT2D eigenvalue weighted by molar-refractivity contribution is 5.85. The standard InChI is InChI=1S/C3H7N.ClH.H4Si/c1-2-3-4;;/h2H,1,3-4H2;1H;1H4. The van der Waals surface area contributed by atoms with E-state index < -0.39 is 0 Å². The van der Waals surface area contributed by atoms with Crippen LogP contribution in [0.1, 0.15) is 0 Å². The molecule has 0 amide bonds. The van der Waals surface area contributed by atoms with E-state index >= 15 is 0 Å². The van der Waals surface area contributed by atoms with Gasteiger partial charge in [-0.25, -0.2) is 0 Å². The van der Waals surface area contributed by atoms with Crippen LogP contribution in [0.4, 0.5) is 0 Å². The van der Waals surface area contributed by atoms with Crippen LogP contribution in [0.3, 0.4) is 0 Å². The monoisotopic (exact) mass is 125 g/mol. The molecule has 40 valence electrons. The van der Waals surface area contributed by atoms with E-state index in [1.165, 1.54) is 0 Å². The van der Waals surface area contributed by atoms with Gasteiger partial charge in [-0.2, -0.15) is 0 Å². The van der Waals surface area contributed by atoms with Crippen LogP contribution in [-0.4, -0.2) is 17.5 Å². The molecule has 0 fully saturated rings. The smallest absolute Gasteiger partial charge is 0.0104 e. The first-order valence-electron chi connectivity index (χ1n) is 1.22. The second kappa shape index (κ2) is 18.9. The first-order valence-corrected chi connectivity index (χ1v) is 1.22. The molecule has 0 bridgehead atoms. The molecule has 0 heterocycles. The molecule has 3 heteroatoms. The van der Waals surface area contributed by atoms with Crippen LogP contribution >= 0.6 is 12.4 Å². The van der Waals surface area contributed by atoms with Gasteiger partial charge in [-0.05, 0) is 11.0 Å². The van der Waals surface area contributed by atoms with Crippen molar-refractivity contribution >= 4 is 23.4 Å². The maximum Gasteiger partial charge on any atom is 0.0104 e. The van der Waals surface area contributed by atoms with Crippen LogP contribution in [-0.2, 0) is 0 Å². The van der Waals surface area contributed by atoms with Gasteiger partial charge in [0.05, 0.1) is 0 Å². The summed E-state index contributed by atoms with van der Waals surface area (Å²) in [6, 6.07) is 0. The average Bonchev–Trinajstić information content (AvgIpc) is 1.37. The van der Waals surface area contributed by atoms with Gasteiger partial charge in [0, 0.05) is 6.54 Å². The Labute approximate surface area is 49.0 Å². The Morgan fingerprint density at radius 1 is 1.67 bits per heavy atom. The van der Waals surface area contributed by atoms with E-state index in [2.05, 4.69) is 6.58 Å². The summed E-state index contributed by atoms with van der Waals surface area (Å²) >= 11 is 0. The Bertz CT molecular complexity index is 24.8. The van der Waals surface area contributed by atoms with Gasteiger partial charge in [-0.1, -0.05) is 6.08 Å². The highest BCUT2D eigenvalue weighted by Gasteiger charge is 1.43. The average molecular weight is 126 g/mol. The predicted octanol–water partition coefficient (Wildman–Crippen LogP) is -0.899. The van der Waals surface area contributed by atoms with Gasteiger partial charge < -0.3 is 5.73 Å². The molecule has 1 nitrogen and oxygen atoms in total. The van der Waals surface area contributed by atoms with Gasteiger partial charge in [0.25, 0.3) is 0 Å². The summed E-state index contributed by atoms with van der Waals surface area (Å²) in [5, 5.41) is 0. The molecule has 0 atom stereocenters. The third-order valence-corrected chi connectivity index (χ3v) is 0.167. The van der Waals surface area contributed by atoms with Gasteiger partial charge in [0.1, 0.15) is 0 Å². The summed E-state index contributed by atoms with van der Waals surface area (Å²) in [6.07, 6.45) is 1.65. The van der Waals surface area contributed by atoms with E-state index in [4.69, 9.17) is 5.73 Å². The fourth-order valence-corrected chi connectivity index (χ4v) is 0. The molecule has 0 rings (SSSR count). The van der Waals surface area contributed by atoms with Crippen molar-refractivity contribution in [3.63, 3.8) is 0 Å². The number of rotatable bonds is 1. The summed E-state index contributed by atoms with van der Waals surface area (Å²) in [7, 11) is 0. The van der Waals surface area contributed by atoms with Crippen molar-refractivity contribution in [3.8, 4) is 0 Å². The fraction of sp³-hybridized carbons (Fsp3) is 0.333. The lowest BCUT2D eigenvalue weighted by atomic mass is 10.7. The molecule has 0 spiro atoms. The molecule has 0 unspecified atom stereocenters. The summed E-state index contributed by atoms with van der Waals surface area (Å²) in [6.45, 7) is 3.94. The van der Waals surface area contributed by atoms with Gasteiger partial charge in [0.2, 0.25) is 0 Å². The molecule has 0 aliphatic heterocycles. The number of hydrogen-bond acceptors (Lipinski definition) is 1. The summed E-state index contributed by atoms with van der Waals surface area (Å²) in [4.78, 5) is 0. The van der Waals surface area contributed by atoms with Crippen molar-refractivity contribution < 1.29 is 0 Å². The number of hydrogen-bond donors (Lipinski definition) is 1. The van der Waals surface area contributed by atoms with Crippen molar-refractivity contribution in [3.05, 3.63) is 12.7 Å². The summed E-state index contributed by atoms with van der Waals surface area (Å²) in [5.74, 6) is 0. The topological polar surface area (TPSA) is 26.0 Å². The van der Waals surface area contributed by atoms with Crippen molar-refractivity contribution in [1.82, 2.24) is 0 Å². The normalized spacial score (nSPS) is 4.17. The Hall–Kier alpha value is 0.207. The molecule has 0 saturated heterocycles. The zero-order chi connectivity index (χ0) is 3.41. The third-order valence-electron chi connectivity index (χ3n) is 0.167. The minimum absolute atomic E-state index is 0. The molecule has 0 aromatic carbocycles. The highest BCUT2D eigenvalue weighted by Crippen LogP contribution is 1.40. The zero-order valence-corrected chi connectivity index (χ0v) is 3.79. The van der Waals surface area contributed by atoms with Gasteiger partial charge >= 0.3 is 0 Å². The fourth-order valence-electron chi connectivity index (χ4n) is 0. The van der Waals surface area contributed by atoms with Gasteiger partial charge in [-0.3, -0.25) is 0 Å². The van der Waals surface area contributed by atoms with E-state index in [0.717, 1.165) is 0 Å². The van der Waals surface area contributed by atoms with Crippen LogP contribution < -0.4 is 5.73 Å². The minimum atomic E-state index is 0. The van der Waals surface area contributed by atoms with Crippen LogP contribution in [0.2, 0.25) is 0 Å². The second-order valence-corrected chi connectivity index (χ2v) is 0.524. The first kappa shape index (κ1) is 16.4. The van der Waals surface area contributed by atoms with Crippen molar-refractivity contribution in [2.24, 2.45) is 5.73 Å². The van der Waals surface area contributed by atoms with Gasteiger partial charge in [0.15, 0.2) is 0 Å². The first-order chi connectivity index (χ1) is 1.91. The molecule has 2 N–H and O–H groups in total. The maximum absolute atomic E-state index is 4.91. The Morgan fingerprint density at radius 2 is 1.83 bits per heavy atom. The zero-order valence-electron chi connectivity index (χ0n) is 2.98. The van der Waals surface area contributed by atoms with Crippen LogP contribution in [0.15, 0.2) is 12.7 Å². The minimum Gasteiger partial charge on any atom is -0.327 e. The van der Waals surface area contributed by atoms with E-state index in [0.29, 0.717) is 6.54 Å². The lowest BCUT2D eigenvalue weighted by Gasteiger charge is -1.61. The Balaban J connectivity index is -0.0000000450. The SMILES string of the molecule is C=CCN.Cl.[SiH4]. The van der Waals surface area contributed by atoms with E-state index in [-0.39, 0.29) is 23.4 Å². The molecule has 0 saturated carbocycles. The van der Waals surface area contributed by atoms with Crippen molar-refractivity contribution in [2.75, 3.05) is 6.54 Å². The predicted molar refractivity (Wildman–Crippen MR) is 37.8 cm³/mol. The lowest BCUT2D eigenvalue weighted by Crippen LogP contribution is -1.90. The quantitative estimate of drug-likeness (QED) is 0.357. The molecule has 6 heavy (non-hydrogen) atoms. The molecule has 0 aliphatic rings. The maximum atomic E-state index is 4.91. The van der Waals surface area contributed by atoms with E-state index in [9.17, 15) is 0 Å². The summed E-state index contributed by atoms with van der Waals surface area (Å²) < 4.78 is 0. The molecule has 0 radical (unpaired) electrons. The van der Waals surface area contributed by atoms with Crippen molar-refractivity contribution in [2.45, 2.75) is 0 Å². The third kappa shape index (κ3) is 29.7. The largest absolute Gasteiger partial charge is 0.327 e. The number of halogens is 1. The Kier molecular flexibility index (Phi) is 51.6. The highest BCUT2D eigenvalue weighted by atomic mass is 35.5. The van der Waals surface area contributed by atoms with Crippen LogP contribution in [0, 0.1) is 0 Å².